The van der Waals surface area contributed by atoms with E-state index in [1.807, 2.05) is 0 Å². The van der Waals surface area contributed by atoms with Gasteiger partial charge in [-0.15, -0.1) is 0 Å². The topological polar surface area (TPSA) is 129 Å². The second-order valence-corrected chi connectivity index (χ2v) is 7.71. The van der Waals surface area contributed by atoms with Gasteiger partial charge in [0.15, 0.2) is 18.1 Å². The zero-order chi connectivity index (χ0) is 24.5. The van der Waals surface area contributed by atoms with Crippen LogP contribution in [-0.2, 0) is 11.3 Å². The van der Waals surface area contributed by atoms with Crippen LogP contribution in [-0.4, -0.2) is 52.2 Å². The molecule has 4 aromatic rings. The Morgan fingerprint density at radius 2 is 1.91 bits per heavy atom. The first kappa shape index (κ1) is 22.1. The van der Waals surface area contributed by atoms with E-state index >= 15 is 0 Å². The molecule has 5 rings (SSSR count). The smallest absolute Gasteiger partial charge is 0.353 e. The van der Waals surface area contributed by atoms with Crippen molar-refractivity contribution in [1.29, 1.82) is 0 Å². The highest BCUT2D eigenvalue weighted by Crippen LogP contribution is 2.41. The molecule has 0 fully saturated rings. The van der Waals surface area contributed by atoms with Crippen LogP contribution >= 0.6 is 0 Å². The molecule has 1 aliphatic heterocycles. The van der Waals surface area contributed by atoms with Gasteiger partial charge in [-0.25, -0.2) is 14.6 Å². The van der Waals surface area contributed by atoms with E-state index in [0.717, 1.165) is 0 Å². The Hall–Kier alpha value is -4.73. The van der Waals surface area contributed by atoms with Gasteiger partial charge in [0.2, 0.25) is 6.79 Å². The molecule has 2 aromatic heterocycles. The molecule has 0 amide bonds. The lowest BCUT2D eigenvalue weighted by molar-refractivity contribution is -0.139. The Morgan fingerprint density at radius 1 is 1.09 bits per heavy atom. The van der Waals surface area contributed by atoms with Gasteiger partial charge < -0.3 is 33.7 Å². The number of carboxylic acid groups (broad SMARTS) is 2. The van der Waals surface area contributed by atoms with Crippen molar-refractivity contribution in [3.63, 3.8) is 0 Å². The second-order valence-electron chi connectivity index (χ2n) is 7.71. The van der Waals surface area contributed by atoms with E-state index in [4.69, 9.17) is 24.1 Å². The van der Waals surface area contributed by atoms with E-state index < -0.39 is 18.5 Å². The van der Waals surface area contributed by atoms with Crippen molar-refractivity contribution in [3.8, 4) is 34.1 Å². The molecule has 10 heteroatoms. The number of aromatic carboxylic acids is 1. The Kier molecular flexibility index (Phi) is 5.61. The minimum Gasteiger partial charge on any atom is -0.497 e. The molecule has 2 aromatic carbocycles. The number of rotatable bonds is 8. The maximum Gasteiger partial charge on any atom is 0.353 e. The largest absolute Gasteiger partial charge is 0.497 e. The number of carbonyl (C=O) groups is 2. The SMILES string of the molecule is COc1ccc(Cn2c(C(=O)O)c(-c3ccc4c(c3)OCO4)c3cccnc32)c(OCC(=O)O)c1. The number of ether oxygens (including phenoxy) is 4. The quantitative estimate of drug-likeness (QED) is 0.391. The molecular formula is C25H20N2O8. The minimum atomic E-state index is -1.14. The van der Waals surface area contributed by atoms with Crippen LogP contribution in [0, 0.1) is 0 Å². The monoisotopic (exact) mass is 476 g/mol. The molecule has 0 saturated carbocycles. The third kappa shape index (κ3) is 4.05. The van der Waals surface area contributed by atoms with Crippen molar-refractivity contribution >= 4 is 23.0 Å². The molecule has 0 bridgehead atoms. The molecule has 178 valence electrons. The van der Waals surface area contributed by atoms with Gasteiger partial charge in [0.05, 0.1) is 13.7 Å². The van der Waals surface area contributed by atoms with Crippen molar-refractivity contribution in [2.75, 3.05) is 20.5 Å². The van der Waals surface area contributed by atoms with Gasteiger partial charge in [-0.1, -0.05) is 6.07 Å². The summed E-state index contributed by atoms with van der Waals surface area (Å²) in [6.45, 7) is -0.387. The molecule has 3 heterocycles. The van der Waals surface area contributed by atoms with Crippen molar-refractivity contribution < 1.29 is 38.7 Å². The lowest BCUT2D eigenvalue weighted by Gasteiger charge is -2.14. The summed E-state index contributed by atoms with van der Waals surface area (Å²) < 4.78 is 23.2. The lowest BCUT2D eigenvalue weighted by atomic mass is 10.0. The third-order valence-corrected chi connectivity index (χ3v) is 5.64. The Balaban J connectivity index is 1.68. The highest BCUT2D eigenvalue weighted by molar-refractivity contribution is 6.07. The predicted molar refractivity (Wildman–Crippen MR) is 123 cm³/mol. The summed E-state index contributed by atoms with van der Waals surface area (Å²) in [5, 5.41) is 20.0. The summed E-state index contributed by atoms with van der Waals surface area (Å²) in [6, 6.07) is 13.8. The predicted octanol–water partition coefficient (Wildman–Crippen LogP) is 3.65. The van der Waals surface area contributed by atoms with E-state index in [-0.39, 0.29) is 24.8 Å². The second kappa shape index (κ2) is 8.90. The number of hydrogen-bond donors (Lipinski definition) is 2. The highest BCUT2D eigenvalue weighted by Gasteiger charge is 2.26. The Labute approximate surface area is 198 Å². The standard InChI is InChI=1S/C25H20N2O8/c1-32-16-6-4-15(19(10-16)33-12-21(28)29)11-27-23(25(30)31)22(17-3-2-8-26-24(17)27)14-5-7-18-20(9-14)35-13-34-18/h2-10H,11-13H2,1H3,(H,28,29)(H,30,31). The fraction of sp³-hybridized carbons (Fsp3) is 0.160. The maximum absolute atomic E-state index is 12.6. The maximum atomic E-state index is 12.6. The van der Waals surface area contributed by atoms with Crippen molar-refractivity contribution in [3.05, 3.63) is 66.0 Å². The Morgan fingerprint density at radius 3 is 2.69 bits per heavy atom. The molecular weight excluding hydrogens is 456 g/mol. The molecule has 0 saturated heterocycles. The number of methoxy groups -OCH3 is 1. The number of pyridine rings is 1. The molecule has 0 atom stereocenters. The number of benzene rings is 2. The molecule has 1 aliphatic rings. The summed E-state index contributed by atoms with van der Waals surface area (Å²) in [6.07, 6.45) is 1.59. The summed E-state index contributed by atoms with van der Waals surface area (Å²) >= 11 is 0. The van der Waals surface area contributed by atoms with Gasteiger partial charge in [-0.3, -0.25) is 0 Å². The van der Waals surface area contributed by atoms with E-state index in [0.29, 0.717) is 45.0 Å². The molecule has 10 nitrogen and oxygen atoms in total. The van der Waals surface area contributed by atoms with Gasteiger partial charge in [0, 0.05) is 28.8 Å². The molecule has 2 N–H and O–H groups in total. The Bertz CT molecular complexity index is 1460. The first-order valence-electron chi connectivity index (χ1n) is 10.6. The summed E-state index contributed by atoms with van der Waals surface area (Å²) in [5.74, 6) is -0.413. The van der Waals surface area contributed by atoms with Crippen LogP contribution in [0.1, 0.15) is 16.1 Å². The zero-order valence-corrected chi connectivity index (χ0v) is 18.6. The van der Waals surface area contributed by atoms with Gasteiger partial charge in [0.1, 0.15) is 22.8 Å². The van der Waals surface area contributed by atoms with Gasteiger partial charge in [0.25, 0.3) is 0 Å². The number of nitrogens with zero attached hydrogens (tertiary/aromatic N) is 2. The average molecular weight is 476 g/mol. The van der Waals surface area contributed by atoms with Gasteiger partial charge in [-0.2, -0.15) is 0 Å². The molecule has 0 unspecified atom stereocenters. The average Bonchev–Trinajstić information content (AvgIpc) is 3.45. The van der Waals surface area contributed by atoms with Crippen LogP contribution in [0.25, 0.3) is 22.2 Å². The summed E-state index contributed by atoms with van der Waals surface area (Å²) in [4.78, 5) is 28.1. The number of hydrogen-bond acceptors (Lipinski definition) is 7. The molecule has 0 radical (unpaired) electrons. The zero-order valence-electron chi connectivity index (χ0n) is 18.6. The van der Waals surface area contributed by atoms with Crippen LogP contribution in [0.15, 0.2) is 54.7 Å². The number of aliphatic carboxylic acids is 1. The highest BCUT2D eigenvalue weighted by atomic mass is 16.7. The van der Waals surface area contributed by atoms with Crippen LogP contribution < -0.4 is 18.9 Å². The van der Waals surface area contributed by atoms with E-state index in [1.165, 1.54) is 7.11 Å². The number of aromatic nitrogens is 2. The van der Waals surface area contributed by atoms with Crippen LogP contribution in [0.2, 0.25) is 0 Å². The third-order valence-electron chi connectivity index (χ3n) is 5.64. The molecule has 35 heavy (non-hydrogen) atoms. The normalized spacial score (nSPS) is 12.0. The van der Waals surface area contributed by atoms with Crippen LogP contribution in [0.4, 0.5) is 0 Å². The minimum absolute atomic E-state index is 0.0255. The molecule has 0 aliphatic carbocycles. The lowest BCUT2D eigenvalue weighted by Crippen LogP contribution is -2.14. The van der Waals surface area contributed by atoms with Crippen molar-refractivity contribution in [2.45, 2.75) is 6.54 Å². The molecule has 0 spiro atoms. The first-order valence-corrected chi connectivity index (χ1v) is 10.6. The summed E-state index contributed by atoms with van der Waals surface area (Å²) in [7, 11) is 1.49. The number of fused-ring (bicyclic) bond motifs is 2. The first-order chi connectivity index (χ1) is 17.0. The van der Waals surface area contributed by atoms with Gasteiger partial charge in [-0.05, 0) is 42.0 Å². The fourth-order valence-electron chi connectivity index (χ4n) is 4.13. The summed E-state index contributed by atoms with van der Waals surface area (Å²) in [5.41, 5.74) is 2.17. The fourth-order valence-corrected chi connectivity index (χ4v) is 4.13. The number of carboxylic acids is 2. The van der Waals surface area contributed by atoms with Crippen LogP contribution in [0.5, 0.6) is 23.0 Å². The van der Waals surface area contributed by atoms with E-state index in [2.05, 4.69) is 4.98 Å². The van der Waals surface area contributed by atoms with E-state index in [9.17, 15) is 14.7 Å². The van der Waals surface area contributed by atoms with Crippen molar-refractivity contribution in [1.82, 2.24) is 9.55 Å². The van der Waals surface area contributed by atoms with E-state index in [1.54, 1.807) is 59.3 Å². The van der Waals surface area contributed by atoms with Crippen LogP contribution in [0.3, 0.4) is 0 Å². The van der Waals surface area contributed by atoms with Crippen molar-refractivity contribution in [2.24, 2.45) is 0 Å². The van der Waals surface area contributed by atoms with Gasteiger partial charge >= 0.3 is 11.9 Å².